The van der Waals surface area contributed by atoms with Crippen LogP contribution in [0.25, 0.3) is 0 Å². The number of ether oxygens (including phenoxy) is 2. The van der Waals surface area contributed by atoms with Crippen molar-refractivity contribution in [2.75, 3.05) is 13.7 Å². The molecule has 1 aliphatic carbocycles. The minimum Gasteiger partial charge on any atom is -0.481 e. The van der Waals surface area contributed by atoms with Crippen LogP contribution in [0.5, 0.6) is 5.88 Å². The van der Waals surface area contributed by atoms with Crippen LogP contribution in [-0.4, -0.2) is 58.8 Å². The molecule has 5 atom stereocenters. The monoisotopic (exact) mass is 563 g/mol. The normalized spacial score (nSPS) is 27.0. The van der Waals surface area contributed by atoms with E-state index >= 15 is 0 Å². The Bertz CT molecular complexity index is 1250. The zero-order valence-electron chi connectivity index (χ0n) is 25.1. The number of amides is 1. The SMILES string of the molecule is COc1ncc(C2CCC2)cc1CN[C@H]1[C@H](C(C)(C)C)[C@@H](C(=O)O)N(C(=O)[C@H]2CCCCO2)[C@H]1c1ccccc1C. The first-order valence-electron chi connectivity index (χ1n) is 15.1. The second-order valence-electron chi connectivity index (χ2n) is 13.0. The zero-order chi connectivity index (χ0) is 29.3. The zero-order valence-corrected chi connectivity index (χ0v) is 25.1. The van der Waals surface area contributed by atoms with Crippen molar-refractivity contribution in [2.24, 2.45) is 11.3 Å². The van der Waals surface area contributed by atoms with Gasteiger partial charge in [-0.05, 0) is 73.1 Å². The highest BCUT2D eigenvalue weighted by atomic mass is 16.5. The summed E-state index contributed by atoms with van der Waals surface area (Å²) in [5.41, 5.74) is 3.73. The van der Waals surface area contributed by atoms with Crippen molar-refractivity contribution in [1.29, 1.82) is 0 Å². The summed E-state index contributed by atoms with van der Waals surface area (Å²) in [4.78, 5) is 33.6. The molecule has 41 heavy (non-hydrogen) atoms. The topological polar surface area (TPSA) is 101 Å². The summed E-state index contributed by atoms with van der Waals surface area (Å²) >= 11 is 0. The Balaban J connectivity index is 1.58. The van der Waals surface area contributed by atoms with E-state index in [1.165, 1.54) is 24.8 Å². The van der Waals surface area contributed by atoms with Gasteiger partial charge in [0.05, 0.1) is 13.2 Å². The van der Waals surface area contributed by atoms with Gasteiger partial charge in [0, 0.05) is 36.9 Å². The Hall–Kier alpha value is -2.97. The summed E-state index contributed by atoms with van der Waals surface area (Å²) < 4.78 is 11.6. The molecule has 1 amide bonds. The highest BCUT2D eigenvalue weighted by Gasteiger charge is 2.58. The molecule has 0 unspecified atom stereocenters. The molecular formula is C33H45N3O5. The van der Waals surface area contributed by atoms with Gasteiger partial charge < -0.3 is 24.8 Å². The van der Waals surface area contributed by atoms with Crippen LogP contribution < -0.4 is 10.1 Å². The molecule has 0 radical (unpaired) electrons. The maximum atomic E-state index is 14.2. The molecule has 0 spiro atoms. The van der Waals surface area contributed by atoms with Gasteiger partial charge in [0.1, 0.15) is 12.1 Å². The first-order valence-corrected chi connectivity index (χ1v) is 15.1. The summed E-state index contributed by atoms with van der Waals surface area (Å²) in [5, 5.41) is 14.5. The maximum absolute atomic E-state index is 14.2. The molecule has 3 heterocycles. The first kappa shape index (κ1) is 29.5. The van der Waals surface area contributed by atoms with Crippen LogP contribution in [0.15, 0.2) is 36.5 Å². The van der Waals surface area contributed by atoms with Crippen LogP contribution in [-0.2, 0) is 20.9 Å². The van der Waals surface area contributed by atoms with Crippen molar-refractivity contribution >= 4 is 11.9 Å². The molecule has 2 aliphatic heterocycles. The third kappa shape index (κ3) is 5.86. The predicted molar refractivity (Wildman–Crippen MR) is 157 cm³/mol. The van der Waals surface area contributed by atoms with Gasteiger partial charge in [0.25, 0.3) is 5.91 Å². The number of hydrogen-bond acceptors (Lipinski definition) is 6. The number of carboxylic acids is 1. The molecule has 1 saturated carbocycles. The van der Waals surface area contributed by atoms with Crippen LogP contribution in [0.4, 0.5) is 0 Å². The van der Waals surface area contributed by atoms with E-state index in [9.17, 15) is 14.7 Å². The van der Waals surface area contributed by atoms with Gasteiger partial charge in [-0.1, -0.05) is 51.5 Å². The molecule has 2 N–H and O–H groups in total. The van der Waals surface area contributed by atoms with Crippen molar-refractivity contribution in [3.63, 3.8) is 0 Å². The van der Waals surface area contributed by atoms with E-state index in [0.29, 0.717) is 31.4 Å². The number of rotatable bonds is 8. The Morgan fingerprint density at radius 1 is 1.15 bits per heavy atom. The smallest absolute Gasteiger partial charge is 0.326 e. The van der Waals surface area contributed by atoms with E-state index in [0.717, 1.165) is 29.5 Å². The van der Waals surface area contributed by atoms with Gasteiger partial charge >= 0.3 is 5.97 Å². The van der Waals surface area contributed by atoms with Crippen molar-refractivity contribution in [3.05, 3.63) is 58.8 Å². The molecule has 1 aromatic carbocycles. The Morgan fingerprint density at radius 3 is 2.49 bits per heavy atom. The lowest BCUT2D eigenvalue weighted by molar-refractivity contribution is -0.159. The van der Waals surface area contributed by atoms with Crippen molar-refractivity contribution in [3.8, 4) is 5.88 Å². The van der Waals surface area contributed by atoms with Gasteiger partial charge in [0.2, 0.25) is 5.88 Å². The van der Waals surface area contributed by atoms with E-state index in [-0.39, 0.29) is 17.9 Å². The number of hydrogen-bond donors (Lipinski definition) is 2. The number of methoxy groups -OCH3 is 1. The second kappa shape index (κ2) is 12.1. The van der Waals surface area contributed by atoms with E-state index in [1.54, 1.807) is 12.0 Å². The summed E-state index contributed by atoms with van der Waals surface area (Å²) in [6.07, 6.45) is 7.29. The number of pyridine rings is 1. The number of likely N-dealkylation sites (tertiary alicyclic amines) is 1. The molecule has 5 rings (SSSR count). The van der Waals surface area contributed by atoms with Gasteiger partial charge in [-0.15, -0.1) is 0 Å². The Labute approximate surface area is 243 Å². The molecule has 222 valence electrons. The standard InChI is InChI=1S/C33H45N3O5/c1-20-11-6-7-14-24(20)28-27(34-19-23-17-22(21-12-10-13-21)18-35-30(23)40-5)26(33(2,3)4)29(32(38)39)36(28)31(37)25-15-8-9-16-41-25/h6-7,11,14,17-18,21,25-29,34H,8-10,12-13,15-16,19H2,1-5H3,(H,38,39)/t25-,26+,27+,28+,29+/m1/s1. The third-order valence-corrected chi connectivity index (χ3v) is 9.38. The van der Waals surface area contributed by atoms with Gasteiger partial charge in [-0.3, -0.25) is 4.79 Å². The number of carbonyl (C=O) groups excluding carboxylic acids is 1. The summed E-state index contributed by atoms with van der Waals surface area (Å²) in [5.74, 6) is -0.485. The lowest BCUT2D eigenvalue weighted by Gasteiger charge is -2.36. The molecule has 3 aliphatic rings. The number of nitrogens with one attached hydrogen (secondary N) is 1. The van der Waals surface area contributed by atoms with Crippen molar-refractivity contribution in [2.45, 2.75) is 103 Å². The van der Waals surface area contributed by atoms with E-state index in [2.05, 4.69) is 37.1 Å². The molecule has 8 nitrogen and oxygen atoms in total. The van der Waals surface area contributed by atoms with Gasteiger partial charge in [-0.25, -0.2) is 9.78 Å². The third-order valence-electron chi connectivity index (χ3n) is 9.38. The van der Waals surface area contributed by atoms with Crippen LogP contribution in [0.2, 0.25) is 0 Å². The van der Waals surface area contributed by atoms with E-state index < -0.39 is 29.6 Å². The minimum atomic E-state index is -1.00. The maximum Gasteiger partial charge on any atom is 0.326 e. The first-order chi connectivity index (χ1) is 19.6. The van der Waals surface area contributed by atoms with E-state index in [4.69, 9.17) is 9.47 Å². The fraction of sp³-hybridized carbons (Fsp3) is 0.606. The lowest BCUT2D eigenvalue weighted by Crippen LogP contribution is -2.51. The van der Waals surface area contributed by atoms with Crippen LogP contribution in [0.3, 0.4) is 0 Å². The number of nitrogens with zero attached hydrogens (tertiary/aromatic N) is 2. The van der Waals surface area contributed by atoms with Crippen LogP contribution in [0, 0.1) is 18.3 Å². The predicted octanol–water partition coefficient (Wildman–Crippen LogP) is 5.39. The summed E-state index contributed by atoms with van der Waals surface area (Å²) in [6.45, 7) is 9.21. The second-order valence-corrected chi connectivity index (χ2v) is 13.0. The highest BCUT2D eigenvalue weighted by Crippen LogP contribution is 2.49. The molecule has 2 aromatic rings. The molecule has 8 heteroatoms. The van der Waals surface area contributed by atoms with Crippen molar-refractivity contribution < 1.29 is 24.2 Å². The summed E-state index contributed by atoms with van der Waals surface area (Å²) in [6, 6.07) is 8.37. The molecule has 2 saturated heterocycles. The number of aliphatic carboxylic acids is 1. The van der Waals surface area contributed by atoms with Gasteiger partial charge in [0.15, 0.2) is 0 Å². The molecule has 1 aromatic heterocycles. The highest BCUT2D eigenvalue weighted by molar-refractivity contribution is 5.88. The number of aromatic nitrogens is 1. The van der Waals surface area contributed by atoms with Gasteiger partial charge in [-0.2, -0.15) is 0 Å². The number of aryl methyl sites for hydroxylation is 1. The molecule has 3 fully saturated rings. The molecular weight excluding hydrogens is 518 g/mol. The summed E-state index contributed by atoms with van der Waals surface area (Å²) in [7, 11) is 1.63. The number of benzene rings is 1. The van der Waals surface area contributed by atoms with E-state index in [1.807, 2.05) is 37.4 Å². The Morgan fingerprint density at radius 2 is 1.90 bits per heavy atom. The van der Waals surface area contributed by atoms with Crippen LogP contribution >= 0.6 is 0 Å². The average molecular weight is 564 g/mol. The minimum absolute atomic E-state index is 0.227. The Kier molecular flexibility index (Phi) is 8.71. The fourth-order valence-electron chi connectivity index (χ4n) is 7.09. The largest absolute Gasteiger partial charge is 0.481 e. The van der Waals surface area contributed by atoms with Crippen molar-refractivity contribution in [1.82, 2.24) is 15.2 Å². The number of carbonyl (C=O) groups is 2. The molecule has 0 bridgehead atoms. The fourth-order valence-corrected chi connectivity index (χ4v) is 7.09. The average Bonchev–Trinajstić information content (AvgIpc) is 3.27. The lowest BCUT2D eigenvalue weighted by atomic mass is 9.72. The quantitative estimate of drug-likeness (QED) is 0.444. The number of carboxylic acid groups (broad SMARTS) is 1. The van der Waals surface area contributed by atoms with Crippen LogP contribution in [0.1, 0.15) is 93.5 Å².